The number of nitrogens with zero attached hydrogens (tertiary/aromatic N) is 2. The average Bonchev–Trinajstić information content (AvgIpc) is 3.20. The second-order valence-electron chi connectivity index (χ2n) is 9.41. The van der Waals surface area contributed by atoms with Gasteiger partial charge in [0.2, 0.25) is 0 Å². The second kappa shape index (κ2) is 11.4. The Bertz CT molecular complexity index is 1590. The molecule has 13 heteroatoms. The van der Waals surface area contributed by atoms with Crippen LogP contribution in [-0.2, 0) is 14.7 Å². The SMILES string of the molecule is CCCN=S(=O)(N[C@H]1COC[C@H](n2c3ccc(Cl)cc3c3cc(Cl)ccc32)[C@H]1O)c1ccc(OC(F)(F)F)cc1. The number of benzene rings is 3. The van der Waals surface area contributed by atoms with Crippen LogP contribution >= 0.6 is 23.2 Å². The van der Waals surface area contributed by atoms with Crippen molar-refractivity contribution in [3.8, 4) is 5.75 Å². The van der Waals surface area contributed by atoms with Crippen LogP contribution in [0.15, 0.2) is 69.9 Å². The van der Waals surface area contributed by atoms with Crippen LogP contribution in [0.3, 0.4) is 0 Å². The van der Waals surface area contributed by atoms with E-state index in [1.807, 2.05) is 35.8 Å². The molecule has 0 radical (unpaired) electrons. The van der Waals surface area contributed by atoms with Crippen molar-refractivity contribution < 1.29 is 32.0 Å². The lowest BCUT2D eigenvalue weighted by Gasteiger charge is -2.37. The number of halogens is 5. The van der Waals surface area contributed by atoms with Crippen LogP contribution < -0.4 is 9.46 Å². The van der Waals surface area contributed by atoms with Gasteiger partial charge in [-0.2, -0.15) is 0 Å². The average molecular weight is 616 g/mol. The summed E-state index contributed by atoms with van der Waals surface area (Å²) in [6.45, 7) is 2.31. The number of hydrogen-bond donors (Lipinski definition) is 2. The summed E-state index contributed by atoms with van der Waals surface area (Å²) in [6.07, 6.45) is -5.33. The number of ether oxygens (including phenoxy) is 2. The van der Waals surface area contributed by atoms with E-state index in [-0.39, 0.29) is 24.7 Å². The molecule has 40 heavy (non-hydrogen) atoms. The topological polar surface area (TPSA) is 85.1 Å². The molecular weight excluding hydrogens is 590 g/mol. The van der Waals surface area contributed by atoms with Gasteiger partial charge in [-0.25, -0.2) is 13.3 Å². The first-order chi connectivity index (χ1) is 19.0. The van der Waals surface area contributed by atoms with Crippen LogP contribution in [0, 0.1) is 0 Å². The van der Waals surface area contributed by atoms with E-state index in [4.69, 9.17) is 27.9 Å². The fourth-order valence-electron chi connectivity index (χ4n) is 4.90. The zero-order chi connectivity index (χ0) is 28.7. The molecule has 4 aromatic rings. The van der Waals surface area contributed by atoms with E-state index in [0.717, 1.165) is 33.9 Å². The highest BCUT2D eigenvalue weighted by molar-refractivity contribution is 7.91. The highest BCUT2D eigenvalue weighted by Crippen LogP contribution is 2.37. The predicted octanol–water partition coefficient (Wildman–Crippen LogP) is 6.74. The van der Waals surface area contributed by atoms with Gasteiger partial charge in [0.15, 0.2) is 0 Å². The van der Waals surface area contributed by atoms with Crippen molar-refractivity contribution >= 4 is 54.9 Å². The van der Waals surface area contributed by atoms with Gasteiger partial charge in [-0.15, -0.1) is 13.2 Å². The largest absolute Gasteiger partial charge is 0.573 e. The summed E-state index contributed by atoms with van der Waals surface area (Å²) in [4.78, 5) is 0.158. The molecule has 1 fully saturated rings. The Morgan fingerprint density at radius 2 is 1.65 bits per heavy atom. The molecule has 1 aromatic heterocycles. The van der Waals surface area contributed by atoms with Crippen LogP contribution in [0.25, 0.3) is 21.8 Å². The Hall–Kier alpha value is -2.54. The van der Waals surface area contributed by atoms with Crippen LogP contribution in [0.2, 0.25) is 10.0 Å². The highest BCUT2D eigenvalue weighted by atomic mass is 35.5. The number of fused-ring (bicyclic) bond motifs is 3. The van der Waals surface area contributed by atoms with Crippen molar-refractivity contribution in [1.29, 1.82) is 0 Å². The van der Waals surface area contributed by atoms with Gasteiger partial charge in [0.1, 0.15) is 15.7 Å². The number of rotatable bonds is 7. The third-order valence-corrected chi connectivity index (χ3v) is 9.18. The molecule has 3 aromatic carbocycles. The highest BCUT2D eigenvalue weighted by Gasteiger charge is 2.37. The van der Waals surface area contributed by atoms with Crippen LogP contribution in [0.5, 0.6) is 5.75 Å². The molecule has 1 saturated heterocycles. The lowest BCUT2D eigenvalue weighted by Crippen LogP contribution is -2.53. The summed E-state index contributed by atoms with van der Waals surface area (Å²) in [5.41, 5.74) is 1.62. The van der Waals surface area contributed by atoms with E-state index in [1.54, 1.807) is 12.1 Å². The maximum absolute atomic E-state index is 14.1. The molecule has 0 spiro atoms. The van der Waals surface area contributed by atoms with E-state index in [0.29, 0.717) is 16.5 Å². The third-order valence-electron chi connectivity index (χ3n) is 6.64. The summed E-state index contributed by atoms with van der Waals surface area (Å²) in [5.74, 6) is -0.443. The van der Waals surface area contributed by atoms with Crippen LogP contribution in [-0.4, -0.2) is 52.1 Å². The smallest absolute Gasteiger partial charge is 0.406 e. The molecule has 0 aliphatic carbocycles. The zero-order valence-corrected chi connectivity index (χ0v) is 23.5. The maximum Gasteiger partial charge on any atom is 0.573 e. The first-order valence-corrected chi connectivity index (χ1v) is 14.8. The van der Waals surface area contributed by atoms with Crippen molar-refractivity contribution in [3.63, 3.8) is 0 Å². The lowest BCUT2D eigenvalue weighted by atomic mass is 10.0. The Morgan fingerprint density at radius 3 is 2.20 bits per heavy atom. The van der Waals surface area contributed by atoms with Crippen molar-refractivity contribution in [3.05, 3.63) is 70.7 Å². The monoisotopic (exact) mass is 615 g/mol. The molecule has 1 unspecified atom stereocenters. The van der Waals surface area contributed by atoms with E-state index in [1.165, 1.54) is 12.1 Å². The fourth-order valence-corrected chi connectivity index (χ4v) is 7.16. The summed E-state index contributed by atoms with van der Waals surface area (Å²) in [6, 6.07) is 14.2. The third kappa shape index (κ3) is 5.90. The Kier molecular flexibility index (Phi) is 8.24. The van der Waals surface area contributed by atoms with Crippen LogP contribution in [0.4, 0.5) is 13.2 Å². The Labute approximate surface area is 239 Å². The van der Waals surface area contributed by atoms with E-state index < -0.39 is 40.2 Å². The van der Waals surface area contributed by atoms with E-state index in [9.17, 15) is 22.5 Å². The van der Waals surface area contributed by atoms with Gasteiger partial charge in [-0.05, 0) is 67.1 Å². The van der Waals surface area contributed by atoms with Crippen LogP contribution in [0.1, 0.15) is 19.4 Å². The summed E-state index contributed by atoms with van der Waals surface area (Å²) >= 11 is 12.6. The second-order valence-corrected chi connectivity index (χ2v) is 12.3. The molecule has 0 saturated carbocycles. The minimum atomic E-state index is -4.85. The number of hydrogen-bond acceptors (Lipinski definition) is 5. The molecule has 1 aliphatic heterocycles. The summed E-state index contributed by atoms with van der Waals surface area (Å²) in [5, 5.41) is 14.4. The fraction of sp³-hybridized carbons (Fsp3) is 0.333. The van der Waals surface area contributed by atoms with Gasteiger partial charge >= 0.3 is 6.36 Å². The number of aliphatic hydroxyl groups is 1. The first-order valence-electron chi connectivity index (χ1n) is 12.5. The molecule has 7 nitrogen and oxygen atoms in total. The summed E-state index contributed by atoms with van der Waals surface area (Å²) < 4.78 is 71.0. The molecule has 4 atom stereocenters. The molecule has 214 valence electrons. The maximum atomic E-state index is 14.1. The lowest BCUT2D eigenvalue weighted by molar-refractivity contribution is -0.274. The molecule has 2 heterocycles. The number of aliphatic hydroxyl groups excluding tert-OH is 1. The minimum Gasteiger partial charge on any atom is -0.406 e. The number of aromatic nitrogens is 1. The van der Waals surface area contributed by atoms with Crippen molar-refractivity contribution in [2.75, 3.05) is 19.8 Å². The van der Waals surface area contributed by atoms with Gasteiger partial charge in [-0.1, -0.05) is 30.1 Å². The quantitative estimate of drug-likeness (QED) is 0.241. The Morgan fingerprint density at radius 1 is 1.05 bits per heavy atom. The standard InChI is InChI=1S/C27H26Cl2F3N3O4S/c1-2-11-33-40(37,19-7-5-18(6-8-19)39-27(30,31)32)34-22-14-38-15-25(26(22)36)35-23-9-3-16(28)12-20(23)21-13-17(29)4-10-24(21)35/h3-10,12-13,22,25-26,36H,2,11,14-15H2,1H3,(H,33,34,37)/t22-,25-,26-,40?/m0/s1. The molecule has 1 aliphatic rings. The van der Waals surface area contributed by atoms with E-state index >= 15 is 0 Å². The summed E-state index contributed by atoms with van der Waals surface area (Å²) in [7, 11) is -3.36. The molecule has 0 amide bonds. The van der Waals surface area contributed by atoms with Gasteiger partial charge in [0, 0.05) is 38.4 Å². The minimum absolute atomic E-state index is 0.0420. The van der Waals surface area contributed by atoms with Gasteiger partial charge in [0.25, 0.3) is 0 Å². The molecule has 5 rings (SSSR count). The van der Waals surface area contributed by atoms with Crippen molar-refractivity contribution in [2.45, 2.75) is 42.8 Å². The molecule has 2 N–H and O–H groups in total. The first kappa shape index (κ1) is 29.0. The normalized spacial score (nSPS) is 21.4. The van der Waals surface area contributed by atoms with Gasteiger partial charge < -0.3 is 19.1 Å². The number of alkyl halides is 3. The van der Waals surface area contributed by atoms with Gasteiger partial charge in [0.05, 0.1) is 36.3 Å². The molecular formula is C27H26Cl2F3N3O4S. The predicted molar refractivity (Wildman–Crippen MR) is 149 cm³/mol. The van der Waals surface area contributed by atoms with Gasteiger partial charge in [-0.3, -0.25) is 0 Å². The van der Waals surface area contributed by atoms with Crippen molar-refractivity contribution in [2.24, 2.45) is 4.36 Å². The zero-order valence-electron chi connectivity index (χ0n) is 21.2. The van der Waals surface area contributed by atoms with E-state index in [2.05, 4.69) is 13.8 Å². The molecule has 0 bridgehead atoms. The Balaban J connectivity index is 1.50. The van der Waals surface area contributed by atoms with Crippen molar-refractivity contribution in [1.82, 2.24) is 9.29 Å². The number of nitrogens with one attached hydrogen (secondary N) is 1.